The van der Waals surface area contributed by atoms with Gasteiger partial charge in [0, 0.05) is 6.54 Å². The minimum atomic E-state index is -0.542. The van der Waals surface area contributed by atoms with Crippen molar-refractivity contribution in [3.8, 4) is 5.75 Å². The van der Waals surface area contributed by atoms with Crippen molar-refractivity contribution >= 4 is 0 Å². The summed E-state index contributed by atoms with van der Waals surface area (Å²) < 4.78 is 13.1. The van der Waals surface area contributed by atoms with Gasteiger partial charge in [-0.25, -0.2) is 4.39 Å². The molecule has 94 valence electrons. The summed E-state index contributed by atoms with van der Waals surface area (Å²) in [7, 11) is 0. The number of benzene rings is 1. The van der Waals surface area contributed by atoms with Crippen LogP contribution < -0.4 is 5.32 Å². The minimum absolute atomic E-state index is 0.278. The maximum Gasteiger partial charge on any atom is 0.165 e. The van der Waals surface area contributed by atoms with Crippen LogP contribution in [0.2, 0.25) is 0 Å². The van der Waals surface area contributed by atoms with E-state index in [0.29, 0.717) is 6.54 Å². The third-order valence-corrected chi connectivity index (χ3v) is 3.55. The van der Waals surface area contributed by atoms with E-state index in [4.69, 9.17) is 5.11 Å². The second-order valence-electron chi connectivity index (χ2n) is 4.90. The first-order valence-electron chi connectivity index (χ1n) is 6.44. The summed E-state index contributed by atoms with van der Waals surface area (Å²) >= 11 is 0. The zero-order valence-electron chi connectivity index (χ0n) is 10.1. The van der Waals surface area contributed by atoms with E-state index in [-0.39, 0.29) is 5.75 Å². The third-order valence-electron chi connectivity index (χ3n) is 3.55. The first-order valence-corrected chi connectivity index (χ1v) is 6.44. The van der Waals surface area contributed by atoms with Gasteiger partial charge in [-0.1, -0.05) is 31.7 Å². The van der Waals surface area contributed by atoms with Gasteiger partial charge < -0.3 is 10.4 Å². The van der Waals surface area contributed by atoms with E-state index >= 15 is 0 Å². The van der Waals surface area contributed by atoms with Gasteiger partial charge in [-0.15, -0.1) is 0 Å². The molecule has 1 aromatic carbocycles. The number of nitrogens with one attached hydrogen (secondary N) is 1. The molecule has 0 amide bonds. The topological polar surface area (TPSA) is 32.3 Å². The summed E-state index contributed by atoms with van der Waals surface area (Å²) in [6.07, 6.45) is 6.73. The molecule has 0 unspecified atom stereocenters. The number of phenols is 1. The molecule has 17 heavy (non-hydrogen) atoms. The molecule has 2 rings (SSSR count). The van der Waals surface area contributed by atoms with Gasteiger partial charge in [-0.05, 0) is 36.6 Å². The SMILES string of the molecule is Oc1ccc(CNCCC2CCCC2)cc1F. The summed E-state index contributed by atoms with van der Waals surface area (Å²) in [5, 5.41) is 12.4. The molecule has 2 N–H and O–H groups in total. The van der Waals surface area contributed by atoms with Gasteiger partial charge in [-0.2, -0.15) is 0 Å². The van der Waals surface area contributed by atoms with Gasteiger partial charge in [0.05, 0.1) is 0 Å². The summed E-state index contributed by atoms with van der Waals surface area (Å²) in [4.78, 5) is 0. The van der Waals surface area contributed by atoms with Crippen LogP contribution in [0.15, 0.2) is 18.2 Å². The van der Waals surface area contributed by atoms with Gasteiger partial charge in [0.15, 0.2) is 11.6 Å². The molecule has 1 aliphatic rings. The molecule has 0 atom stereocenters. The second-order valence-corrected chi connectivity index (χ2v) is 4.90. The Kier molecular flexibility index (Phi) is 4.37. The maximum absolute atomic E-state index is 13.1. The molecule has 1 aromatic rings. The highest BCUT2D eigenvalue weighted by Crippen LogP contribution is 2.26. The van der Waals surface area contributed by atoms with Crippen LogP contribution in [0, 0.1) is 11.7 Å². The van der Waals surface area contributed by atoms with Crippen LogP contribution in [-0.2, 0) is 6.54 Å². The molecule has 0 heterocycles. The van der Waals surface area contributed by atoms with Crippen LogP contribution in [0.3, 0.4) is 0 Å². The number of aromatic hydroxyl groups is 1. The average Bonchev–Trinajstić information content (AvgIpc) is 2.82. The Morgan fingerprint density at radius 2 is 2.06 bits per heavy atom. The summed E-state index contributed by atoms with van der Waals surface area (Å²) in [5.74, 6) is 0.0684. The minimum Gasteiger partial charge on any atom is -0.505 e. The van der Waals surface area contributed by atoms with Gasteiger partial charge in [0.1, 0.15) is 0 Å². The van der Waals surface area contributed by atoms with Crippen molar-refractivity contribution in [3.05, 3.63) is 29.6 Å². The van der Waals surface area contributed by atoms with E-state index in [1.54, 1.807) is 6.07 Å². The highest BCUT2D eigenvalue weighted by molar-refractivity contribution is 5.27. The molecule has 0 radical (unpaired) electrons. The fourth-order valence-corrected chi connectivity index (χ4v) is 2.50. The fourth-order valence-electron chi connectivity index (χ4n) is 2.50. The maximum atomic E-state index is 13.1. The van der Waals surface area contributed by atoms with Crippen molar-refractivity contribution in [2.75, 3.05) is 6.54 Å². The lowest BCUT2D eigenvalue weighted by Gasteiger charge is -2.10. The monoisotopic (exact) mass is 237 g/mol. The van der Waals surface area contributed by atoms with Crippen LogP contribution in [0.1, 0.15) is 37.7 Å². The molecular weight excluding hydrogens is 217 g/mol. The molecule has 0 bridgehead atoms. The zero-order valence-corrected chi connectivity index (χ0v) is 10.1. The van der Waals surface area contributed by atoms with E-state index < -0.39 is 5.82 Å². The summed E-state index contributed by atoms with van der Waals surface area (Å²) in [6, 6.07) is 4.54. The Morgan fingerprint density at radius 1 is 1.29 bits per heavy atom. The Morgan fingerprint density at radius 3 is 2.76 bits per heavy atom. The molecule has 0 aliphatic heterocycles. The predicted octanol–water partition coefficient (Wildman–Crippen LogP) is 3.20. The largest absolute Gasteiger partial charge is 0.505 e. The predicted molar refractivity (Wildman–Crippen MR) is 66.3 cm³/mol. The summed E-state index contributed by atoms with van der Waals surface area (Å²) in [6.45, 7) is 1.66. The number of hydrogen-bond acceptors (Lipinski definition) is 2. The Labute approximate surface area is 102 Å². The van der Waals surface area contributed by atoms with Crippen LogP contribution in [0.25, 0.3) is 0 Å². The molecule has 0 aromatic heterocycles. The Hall–Kier alpha value is -1.09. The molecular formula is C14H20FNO. The normalized spacial score (nSPS) is 16.5. The fraction of sp³-hybridized carbons (Fsp3) is 0.571. The van der Waals surface area contributed by atoms with Crippen molar-refractivity contribution < 1.29 is 9.50 Å². The molecule has 0 spiro atoms. The van der Waals surface area contributed by atoms with Gasteiger partial charge in [0.2, 0.25) is 0 Å². The quantitative estimate of drug-likeness (QED) is 0.771. The molecule has 1 saturated carbocycles. The lowest BCUT2D eigenvalue weighted by Crippen LogP contribution is -2.17. The van der Waals surface area contributed by atoms with E-state index in [1.165, 1.54) is 44.2 Å². The second kappa shape index (κ2) is 6.01. The highest BCUT2D eigenvalue weighted by Gasteiger charge is 2.13. The Bertz CT molecular complexity index is 361. The number of halogens is 1. The lowest BCUT2D eigenvalue weighted by atomic mass is 10.0. The van der Waals surface area contributed by atoms with Crippen molar-refractivity contribution in [1.29, 1.82) is 0 Å². The van der Waals surface area contributed by atoms with Gasteiger partial charge in [-0.3, -0.25) is 0 Å². The number of phenolic OH excluding ortho intramolecular Hbond substituents is 1. The van der Waals surface area contributed by atoms with E-state index in [2.05, 4.69) is 5.32 Å². The molecule has 0 saturated heterocycles. The van der Waals surface area contributed by atoms with Crippen LogP contribution in [0.4, 0.5) is 4.39 Å². The zero-order chi connectivity index (χ0) is 12.1. The van der Waals surface area contributed by atoms with Crippen molar-refractivity contribution in [3.63, 3.8) is 0 Å². The van der Waals surface area contributed by atoms with Gasteiger partial charge in [0.25, 0.3) is 0 Å². The molecule has 3 heteroatoms. The van der Waals surface area contributed by atoms with E-state index in [1.807, 2.05) is 0 Å². The first-order chi connectivity index (χ1) is 8.25. The van der Waals surface area contributed by atoms with E-state index in [0.717, 1.165) is 18.0 Å². The van der Waals surface area contributed by atoms with Crippen LogP contribution >= 0.6 is 0 Å². The van der Waals surface area contributed by atoms with Gasteiger partial charge >= 0.3 is 0 Å². The lowest BCUT2D eigenvalue weighted by molar-refractivity contribution is 0.431. The highest BCUT2D eigenvalue weighted by atomic mass is 19.1. The molecule has 1 aliphatic carbocycles. The standard InChI is InChI=1S/C14H20FNO/c15-13-9-12(5-6-14(13)17)10-16-8-7-11-3-1-2-4-11/h5-6,9,11,16-17H,1-4,7-8,10H2. The smallest absolute Gasteiger partial charge is 0.165 e. The Balaban J connectivity index is 1.68. The van der Waals surface area contributed by atoms with Crippen LogP contribution in [-0.4, -0.2) is 11.7 Å². The van der Waals surface area contributed by atoms with E-state index in [9.17, 15) is 4.39 Å². The number of rotatable bonds is 5. The van der Waals surface area contributed by atoms with Crippen molar-refractivity contribution in [2.45, 2.75) is 38.6 Å². The molecule has 2 nitrogen and oxygen atoms in total. The number of hydrogen-bond donors (Lipinski definition) is 2. The van der Waals surface area contributed by atoms with Crippen LogP contribution in [0.5, 0.6) is 5.75 Å². The average molecular weight is 237 g/mol. The van der Waals surface area contributed by atoms with Crippen molar-refractivity contribution in [1.82, 2.24) is 5.32 Å². The molecule has 1 fully saturated rings. The third kappa shape index (κ3) is 3.70. The summed E-state index contributed by atoms with van der Waals surface area (Å²) in [5.41, 5.74) is 0.881. The van der Waals surface area contributed by atoms with Crippen molar-refractivity contribution in [2.24, 2.45) is 5.92 Å². The first kappa shape index (κ1) is 12.4.